The zero-order valence-electron chi connectivity index (χ0n) is 13.0. The summed E-state index contributed by atoms with van der Waals surface area (Å²) in [5.41, 5.74) is 0.382. The summed E-state index contributed by atoms with van der Waals surface area (Å²) in [6.45, 7) is 2.09. The Labute approximate surface area is 130 Å². The normalized spacial score (nSPS) is 15.8. The lowest BCUT2D eigenvalue weighted by Crippen LogP contribution is -2.33. The molecule has 2 N–H and O–H groups in total. The fourth-order valence-corrected chi connectivity index (χ4v) is 2.04. The minimum Gasteiger partial charge on any atom is -0.487 e. The smallest absolute Gasteiger partial charge is 0.321 e. The molecule has 0 aromatic heterocycles. The van der Waals surface area contributed by atoms with Crippen LogP contribution in [-0.2, 0) is 0 Å². The van der Waals surface area contributed by atoms with Crippen LogP contribution in [0, 0.1) is 5.82 Å². The summed E-state index contributed by atoms with van der Waals surface area (Å²) in [5, 5.41) is 11.8. The third-order valence-corrected chi connectivity index (χ3v) is 3.76. The van der Waals surface area contributed by atoms with E-state index >= 15 is 0 Å². The second-order valence-electron chi connectivity index (χ2n) is 5.81. The molecule has 2 amide bonds. The SMILES string of the molecule is CC(O)CCN(C)C(=O)Nc1ccc(OC2CCC2)c(F)c1. The molecule has 1 atom stereocenters. The standard InChI is InChI=1S/C16H23FN2O3/c1-11(20)8-9-19(2)16(21)18-12-6-7-15(14(17)10-12)22-13-4-3-5-13/h6-7,10-11,13,20H,3-5,8-9H2,1-2H3,(H,18,21). The highest BCUT2D eigenvalue weighted by Gasteiger charge is 2.20. The molecule has 1 unspecified atom stereocenters. The number of hydrogen-bond acceptors (Lipinski definition) is 3. The Morgan fingerprint density at radius 1 is 1.55 bits per heavy atom. The Kier molecular flexibility index (Phi) is 5.60. The van der Waals surface area contributed by atoms with Gasteiger partial charge in [0.05, 0.1) is 12.2 Å². The van der Waals surface area contributed by atoms with Crippen LogP contribution in [0.25, 0.3) is 0 Å². The summed E-state index contributed by atoms with van der Waals surface area (Å²) < 4.78 is 19.5. The zero-order valence-corrected chi connectivity index (χ0v) is 13.0. The first-order valence-electron chi connectivity index (χ1n) is 7.62. The topological polar surface area (TPSA) is 61.8 Å². The molecule has 5 nitrogen and oxygen atoms in total. The first-order valence-corrected chi connectivity index (χ1v) is 7.62. The van der Waals surface area contributed by atoms with Crippen molar-refractivity contribution >= 4 is 11.7 Å². The van der Waals surface area contributed by atoms with Gasteiger partial charge in [0, 0.05) is 25.3 Å². The summed E-state index contributed by atoms with van der Waals surface area (Å²) in [6, 6.07) is 4.08. The average molecular weight is 310 g/mol. The second-order valence-corrected chi connectivity index (χ2v) is 5.81. The lowest BCUT2D eigenvalue weighted by Gasteiger charge is -2.26. The van der Waals surface area contributed by atoms with Crippen LogP contribution in [0.4, 0.5) is 14.9 Å². The highest BCUT2D eigenvalue weighted by Crippen LogP contribution is 2.28. The van der Waals surface area contributed by atoms with Crippen LogP contribution in [0.5, 0.6) is 5.75 Å². The van der Waals surface area contributed by atoms with Crippen molar-refractivity contribution in [1.82, 2.24) is 4.90 Å². The number of carbonyl (C=O) groups is 1. The van der Waals surface area contributed by atoms with E-state index in [0.717, 1.165) is 19.3 Å². The third-order valence-electron chi connectivity index (χ3n) is 3.76. The van der Waals surface area contributed by atoms with Gasteiger partial charge in [-0.1, -0.05) is 0 Å². The number of halogens is 1. The van der Waals surface area contributed by atoms with Gasteiger partial charge in [0.25, 0.3) is 0 Å². The number of urea groups is 1. The van der Waals surface area contributed by atoms with Crippen LogP contribution < -0.4 is 10.1 Å². The minimum atomic E-state index is -0.476. The Bertz CT molecular complexity index is 518. The zero-order chi connectivity index (χ0) is 16.1. The number of aliphatic hydroxyl groups is 1. The molecule has 2 rings (SSSR count). The molecule has 0 saturated heterocycles. The highest BCUT2D eigenvalue weighted by atomic mass is 19.1. The maximum atomic E-state index is 14.0. The van der Waals surface area contributed by atoms with Gasteiger partial charge in [-0.25, -0.2) is 9.18 Å². The molecule has 0 radical (unpaired) electrons. The van der Waals surface area contributed by atoms with Crippen molar-refractivity contribution in [2.45, 2.75) is 44.8 Å². The predicted octanol–water partition coefficient (Wildman–Crippen LogP) is 2.99. The van der Waals surface area contributed by atoms with Crippen molar-refractivity contribution in [2.24, 2.45) is 0 Å². The van der Waals surface area contributed by atoms with Crippen LogP contribution in [0.3, 0.4) is 0 Å². The van der Waals surface area contributed by atoms with Crippen LogP contribution in [0.15, 0.2) is 18.2 Å². The lowest BCUT2D eigenvalue weighted by atomic mass is 9.96. The summed E-state index contributed by atoms with van der Waals surface area (Å²) in [7, 11) is 1.63. The lowest BCUT2D eigenvalue weighted by molar-refractivity contribution is 0.115. The molecule has 0 spiro atoms. The van der Waals surface area contributed by atoms with Gasteiger partial charge in [0.2, 0.25) is 0 Å². The van der Waals surface area contributed by atoms with E-state index in [0.29, 0.717) is 18.7 Å². The molecule has 1 aromatic rings. The van der Waals surface area contributed by atoms with Crippen molar-refractivity contribution < 1.29 is 19.0 Å². The van der Waals surface area contributed by atoms with Crippen LogP contribution >= 0.6 is 0 Å². The number of anilines is 1. The molecule has 1 aliphatic carbocycles. The first kappa shape index (κ1) is 16.5. The van der Waals surface area contributed by atoms with E-state index in [-0.39, 0.29) is 17.9 Å². The molecule has 22 heavy (non-hydrogen) atoms. The van der Waals surface area contributed by atoms with E-state index in [1.807, 2.05) is 0 Å². The molecular formula is C16H23FN2O3. The summed E-state index contributed by atoms with van der Waals surface area (Å²) in [6.07, 6.45) is 3.20. The van der Waals surface area contributed by atoms with Crippen molar-refractivity contribution in [3.05, 3.63) is 24.0 Å². The number of hydrogen-bond donors (Lipinski definition) is 2. The van der Waals surface area contributed by atoms with Crippen LogP contribution in [0.2, 0.25) is 0 Å². The van der Waals surface area contributed by atoms with Crippen molar-refractivity contribution in [1.29, 1.82) is 0 Å². The summed E-state index contributed by atoms with van der Waals surface area (Å²) >= 11 is 0. The first-order chi connectivity index (χ1) is 10.5. The van der Waals surface area contributed by atoms with E-state index < -0.39 is 11.9 Å². The Balaban J connectivity index is 1.89. The fourth-order valence-electron chi connectivity index (χ4n) is 2.04. The molecular weight excluding hydrogens is 287 g/mol. The van der Waals surface area contributed by atoms with Gasteiger partial charge in [0.1, 0.15) is 0 Å². The van der Waals surface area contributed by atoms with Gasteiger partial charge in [0.15, 0.2) is 11.6 Å². The minimum absolute atomic E-state index is 0.113. The number of nitrogens with zero attached hydrogens (tertiary/aromatic N) is 1. The molecule has 6 heteroatoms. The van der Waals surface area contributed by atoms with E-state index in [1.54, 1.807) is 26.1 Å². The molecule has 1 aliphatic rings. The van der Waals surface area contributed by atoms with Gasteiger partial charge in [-0.05, 0) is 44.7 Å². The summed E-state index contributed by atoms with van der Waals surface area (Å²) in [5.74, 6) is -0.249. The van der Waals surface area contributed by atoms with E-state index in [9.17, 15) is 14.3 Å². The van der Waals surface area contributed by atoms with Gasteiger partial charge in [-0.2, -0.15) is 0 Å². The number of aliphatic hydroxyl groups excluding tert-OH is 1. The number of benzene rings is 1. The number of amides is 2. The van der Waals surface area contributed by atoms with E-state index in [1.165, 1.54) is 11.0 Å². The largest absolute Gasteiger partial charge is 0.487 e. The van der Waals surface area contributed by atoms with Crippen LogP contribution in [-0.4, -0.2) is 41.8 Å². The quantitative estimate of drug-likeness (QED) is 0.849. The predicted molar refractivity (Wildman–Crippen MR) is 82.6 cm³/mol. The molecule has 1 aromatic carbocycles. The maximum absolute atomic E-state index is 14.0. The number of nitrogens with one attached hydrogen (secondary N) is 1. The van der Waals surface area contributed by atoms with Gasteiger partial charge < -0.3 is 20.1 Å². The number of ether oxygens (including phenoxy) is 1. The van der Waals surface area contributed by atoms with Crippen LogP contribution in [0.1, 0.15) is 32.6 Å². The molecule has 122 valence electrons. The molecule has 1 fully saturated rings. The number of rotatable bonds is 6. The fraction of sp³-hybridized carbons (Fsp3) is 0.562. The Morgan fingerprint density at radius 3 is 2.82 bits per heavy atom. The summed E-state index contributed by atoms with van der Waals surface area (Å²) in [4.78, 5) is 13.4. The maximum Gasteiger partial charge on any atom is 0.321 e. The van der Waals surface area contributed by atoms with E-state index in [4.69, 9.17) is 4.74 Å². The Hall–Kier alpha value is -1.82. The van der Waals surface area contributed by atoms with Crippen molar-refractivity contribution in [2.75, 3.05) is 18.9 Å². The van der Waals surface area contributed by atoms with Gasteiger partial charge >= 0.3 is 6.03 Å². The highest BCUT2D eigenvalue weighted by molar-refractivity contribution is 5.89. The third kappa shape index (κ3) is 4.59. The molecule has 0 heterocycles. The second kappa shape index (κ2) is 7.45. The number of carbonyl (C=O) groups excluding carboxylic acids is 1. The molecule has 0 aliphatic heterocycles. The van der Waals surface area contributed by atoms with E-state index in [2.05, 4.69) is 5.32 Å². The van der Waals surface area contributed by atoms with Crippen molar-refractivity contribution in [3.8, 4) is 5.75 Å². The monoisotopic (exact) mass is 310 g/mol. The average Bonchev–Trinajstić information content (AvgIpc) is 2.41. The van der Waals surface area contributed by atoms with Gasteiger partial charge in [-0.15, -0.1) is 0 Å². The molecule has 1 saturated carbocycles. The van der Waals surface area contributed by atoms with Gasteiger partial charge in [-0.3, -0.25) is 0 Å². The molecule has 0 bridgehead atoms. The Morgan fingerprint density at radius 2 is 2.27 bits per heavy atom. The van der Waals surface area contributed by atoms with Crippen molar-refractivity contribution in [3.63, 3.8) is 0 Å².